The predicted octanol–water partition coefficient (Wildman–Crippen LogP) is 3.74. The summed E-state index contributed by atoms with van der Waals surface area (Å²) in [6.45, 7) is 0. The van der Waals surface area contributed by atoms with Crippen LogP contribution in [0.1, 0.15) is 26.4 Å². The molecule has 0 saturated heterocycles. The highest BCUT2D eigenvalue weighted by Crippen LogP contribution is 2.16. The molecule has 3 rings (SSSR count). The van der Waals surface area contributed by atoms with Gasteiger partial charge in [-0.25, -0.2) is 8.78 Å². The van der Waals surface area contributed by atoms with Crippen LogP contribution < -0.4 is 10.6 Å². The van der Waals surface area contributed by atoms with Gasteiger partial charge in [-0.15, -0.1) is 0 Å². The molecule has 0 unspecified atom stereocenters. The molecule has 0 aliphatic rings. The Bertz CT molecular complexity index is 1090. The number of nitriles is 1. The van der Waals surface area contributed by atoms with Gasteiger partial charge >= 0.3 is 0 Å². The first-order chi connectivity index (χ1) is 13.5. The van der Waals surface area contributed by atoms with E-state index >= 15 is 0 Å². The van der Waals surface area contributed by atoms with Crippen molar-refractivity contribution in [3.63, 3.8) is 0 Å². The summed E-state index contributed by atoms with van der Waals surface area (Å²) < 4.78 is 26.6. The third-order valence-electron chi connectivity index (χ3n) is 3.71. The van der Waals surface area contributed by atoms with Gasteiger partial charge in [0.05, 0.1) is 17.3 Å². The van der Waals surface area contributed by atoms with E-state index in [1.54, 1.807) is 24.3 Å². The van der Waals surface area contributed by atoms with Gasteiger partial charge < -0.3 is 10.6 Å². The lowest BCUT2D eigenvalue weighted by Gasteiger charge is -2.08. The maximum Gasteiger partial charge on any atom is 0.274 e. The standard InChI is InChI=1S/C20H12F2N4O2/c21-14-3-6-17(16(22)10-14)26-20(28)18-9-13(7-8-24-18)19(27)25-15-4-1-12(11-23)2-5-15/h1-10H,(H,25,27)(H,26,28). The minimum Gasteiger partial charge on any atom is -0.322 e. The molecule has 8 heteroatoms. The molecule has 0 aliphatic heterocycles. The van der Waals surface area contributed by atoms with Crippen LogP contribution in [-0.4, -0.2) is 16.8 Å². The fourth-order valence-corrected chi connectivity index (χ4v) is 2.30. The van der Waals surface area contributed by atoms with Gasteiger partial charge in [0.15, 0.2) is 0 Å². The number of aromatic nitrogens is 1. The molecule has 1 aromatic heterocycles. The zero-order valence-corrected chi connectivity index (χ0v) is 14.2. The number of benzene rings is 2. The van der Waals surface area contributed by atoms with Gasteiger partial charge in [-0.05, 0) is 48.5 Å². The van der Waals surface area contributed by atoms with Crippen molar-refractivity contribution >= 4 is 23.2 Å². The summed E-state index contributed by atoms with van der Waals surface area (Å²) >= 11 is 0. The Morgan fingerprint density at radius 3 is 2.36 bits per heavy atom. The van der Waals surface area contributed by atoms with Crippen LogP contribution in [0.25, 0.3) is 0 Å². The Labute approximate surface area is 158 Å². The zero-order valence-electron chi connectivity index (χ0n) is 14.2. The van der Waals surface area contributed by atoms with Gasteiger partial charge in [0.1, 0.15) is 17.3 Å². The summed E-state index contributed by atoms with van der Waals surface area (Å²) in [4.78, 5) is 28.5. The van der Waals surface area contributed by atoms with Gasteiger partial charge in [0.2, 0.25) is 0 Å². The van der Waals surface area contributed by atoms with E-state index < -0.39 is 23.4 Å². The van der Waals surface area contributed by atoms with Crippen LogP contribution in [0.5, 0.6) is 0 Å². The Morgan fingerprint density at radius 1 is 0.929 bits per heavy atom. The monoisotopic (exact) mass is 378 g/mol. The second-order valence-corrected chi connectivity index (χ2v) is 5.65. The molecule has 28 heavy (non-hydrogen) atoms. The number of hydrogen-bond donors (Lipinski definition) is 2. The summed E-state index contributed by atoms with van der Waals surface area (Å²) in [6, 6.07) is 13.6. The van der Waals surface area contributed by atoms with E-state index in [9.17, 15) is 18.4 Å². The highest BCUT2D eigenvalue weighted by Gasteiger charge is 2.14. The molecule has 0 aliphatic carbocycles. The molecule has 0 fully saturated rings. The second-order valence-electron chi connectivity index (χ2n) is 5.65. The van der Waals surface area contributed by atoms with Gasteiger partial charge in [0.25, 0.3) is 11.8 Å². The number of nitrogens with one attached hydrogen (secondary N) is 2. The summed E-state index contributed by atoms with van der Waals surface area (Å²) in [5.41, 5.74) is 0.759. The number of carbonyl (C=O) groups is 2. The van der Waals surface area contributed by atoms with Crippen molar-refractivity contribution in [2.24, 2.45) is 0 Å². The van der Waals surface area contributed by atoms with E-state index in [1.165, 1.54) is 18.3 Å². The number of carbonyl (C=O) groups excluding carboxylic acids is 2. The van der Waals surface area contributed by atoms with Gasteiger partial charge in [0, 0.05) is 23.5 Å². The molecule has 1 heterocycles. The smallest absolute Gasteiger partial charge is 0.274 e. The Hall–Kier alpha value is -4.12. The van der Waals surface area contributed by atoms with Crippen molar-refractivity contribution in [2.75, 3.05) is 10.6 Å². The van der Waals surface area contributed by atoms with Crippen molar-refractivity contribution in [2.45, 2.75) is 0 Å². The second kappa shape index (κ2) is 8.05. The van der Waals surface area contributed by atoms with E-state index in [1.807, 2.05) is 6.07 Å². The minimum atomic E-state index is -0.928. The maximum absolute atomic E-state index is 13.7. The molecule has 0 spiro atoms. The van der Waals surface area contributed by atoms with E-state index in [0.29, 0.717) is 17.3 Å². The topological polar surface area (TPSA) is 94.9 Å². The molecule has 138 valence electrons. The van der Waals surface area contributed by atoms with Crippen LogP contribution in [0, 0.1) is 23.0 Å². The summed E-state index contributed by atoms with van der Waals surface area (Å²) in [7, 11) is 0. The number of nitrogens with zero attached hydrogens (tertiary/aromatic N) is 2. The number of halogens is 2. The molecule has 3 aromatic rings. The lowest BCUT2D eigenvalue weighted by atomic mass is 10.2. The van der Waals surface area contributed by atoms with Crippen LogP contribution in [0.3, 0.4) is 0 Å². The van der Waals surface area contributed by atoms with Gasteiger partial charge in [-0.2, -0.15) is 5.26 Å². The van der Waals surface area contributed by atoms with Crippen LogP contribution >= 0.6 is 0 Å². The van der Waals surface area contributed by atoms with Crippen LogP contribution in [0.4, 0.5) is 20.2 Å². The van der Waals surface area contributed by atoms with E-state index in [0.717, 1.165) is 12.1 Å². The summed E-state index contributed by atoms with van der Waals surface area (Å²) in [6.07, 6.45) is 1.27. The predicted molar refractivity (Wildman–Crippen MR) is 97.7 cm³/mol. The van der Waals surface area contributed by atoms with E-state index in [4.69, 9.17) is 5.26 Å². The van der Waals surface area contributed by atoms with Crippen LogP contribution in [0.15, 0.2) is 60.8 Å². The summed E-state index contributed by atoms with van der Waals surface area (Å²) in [5.74, 6) is -2.94. The van der Waals surface area contributed by atoms with Crippen molar-refractivity contribution < 1.29 is 18.4 Å². The molecule has 2 aromatic carbocycles. The fraction of sp³-hybridized carbons (Fsp3) is 0. The number of pyridine rings is 1. The molecular formula is C20H12F2N4O2. The minimum absolute atomic E-state index is 0.115. The highest BCUT2D eigenvalue weighted by molar-refractivity contribution is 6.07. The molecule has 2 N–H and O–H groups in total. The average molecular weight is 378 g/mol. The molecule has 0 radical (unpaired) electrons. The van der Waals surface area contributed by atoms with Crippen LogP contribution in [-0.2, 0) is 0 Å². The van der Waals surface area contributed by atoms with Crippen molar-refractivity contribution in [1.29, 1.82) is 5.26 Å². The molecule has 0 saturated carbocycles. The Morgan fingerprint density at radius 2 is 1.68 bits per heavy atom. The third-order valence-corrected chi connectivity index (χ3v) is 3.71. The third kappa shape index (κ3) is 4.34. The SMILES string of the molecule is N#Cc1ccc(NC(=O)c2ccnc(C(=O)Nc3ccc(F)cc3F)c2)cc1. The quantitative estimate of drug-likeness (QED) is 0.723. The largest absolute Gasteiger partial charge is 0.322 e. The van der Waals surface area contributed by atoms with Gasteiger partial charge in [-0.1, -0.05) is 0 Å². The van der Waals surface area contributed by atoms with Crippen molar-refractivity contribution in [1.82, 2.24) is 4.98 Å². The molecule has 0 bridgehead atoms. The Balaban J connectivity index is 1.74. The molecule has 0 atom stereocenters. The maximum atomic E-state index is 13.7. The zero-order chi connectivity index (χ0) is 20.1. The molecule has 6 nitrogen and oxygen atoms in total. The lowest BCUT2D eigenvalue weighted by Crippen LogP contribution is -2.17. The first kappa shape index (κ1) is 18.7. The summed E-state index contributed by atoms with van der Waals surface area (Å²) in [5, 5.41) is 13.7. The normalized spacial score (nSPS) is 10.0. The number of amides is 2. The highest BCUT2D eigenvalue weighted by atomic mass is 19.1. The first-order valence-electron chi connectivity index (χ1n) is 8.00. The molecular weight excluding hydrogens is 366 g/mol. The number of rotatable bonds is 4. The fourth-order valence-electron chi connectivity index (χ4n) is 2.30. The van der Waals surface area contributed by atoms with Crippen molar-refractivity contribution in [3.8, 4) is 6.07 Å². The number of anilines is 2. The lowest BCUT2D eigenvalue weighted by molar-refractivity contribution is 0.102. The Kier molecular flexibility index (Phi) is 5.37. The van der Waals surface area contributed by atoms with Crippen LogP contribution in [0.2, 0.25) is 0 Å². The van der Waals surface area contributed by atoms with E-state index in [-0.39, 0.29) is 16.9 Å². The average Bonchev–Trinajstić information content (AvgIpc) is 2.70. The molecule has 2 amide bonds. The number of hydrogen-bond acceptors (Lipinski definition) is 4. The first-order valence-corrected chi connectivity index (χ1v) is 8.00. The van der Waals surface area contributed by atoms with Gasteiger partial charge in [-0.3, -0.25) is 14.6 Å². The van der Waals surface area contributed by atoms with Crippen molar-refractivity contribution in [3.05, 3.63) is 89.2 Å². The van der Waals surface area contributed by atoms with E-state index in [2.05, 4.69) is 15.6 Å².